The van der Waals surface area contributed by atoms with Crippen LogP contribution >= 0.6 is 0 Å². The van der Waals surface area contributed by atoms with Gasteiger partial charge in [0.25, 0.3) is 0 Å². The molecule has 7 heteroatoms. The maximum atomic E-state index is 12.6. The molecule has 0 spiro atoms. The third-order valence-corrected chi connectivity index (χ3v) is 5.35. The summed E-state index contributed by atoms with van der Waals surface area (Å²) in [5.41, 5.74) is 4.14. The van der Waals surface area contributed by atoms with Gasteiger partial charge >= 0.3 is 5.97 Å². The first-order chi connectivity index (χ1) is 13.2. The highest BCUT2D eigenvalue weighted by Crippen LogP contribution is 2.48. The molecule has 4 aliphatic heterocycles. The van der Waals surface area contributed by atoms with Gasteiger partial charge in [0.05, 0.1) is 5.70 Å². The molecule has 0 radical (unpaired) electrons. The summed E-state index contributed by atoms with van der Waals surface area (Å²) in [5, 5.41) is 0. The van der Waals surface area contributed by atoms with Crippen LogP contribution < -0.4 is 18.9 Å². The van der Waals surface area contributed by atoms with E-state index < -0.39 is 5.97 Å². The van der Waals surface area contributed by atoms with Crippen LogP contribution in [0.2, 0.25) is 0 Å². The summed E-state index contributed by atoms with van der Waals surface area (Å²) >= 11 is 0. The lowest BCUT2D eigenvalue weighted by atomic mass is 9.93. The van der Waals surface area contributed by atoms with Crippen LogP contribution in [-0.2, 0) is 11.2 Å². The maximum absolute atomic E-state index is 12.6. The number of carbonyl (C=O) groups excluding carboxylic acids is 1. The molecule has 0 aromatic heterocycles. The topological polar surface area (TPSA) is 66.5 Å². The van der Waals surface area contributed by atoms with E-state index in [4.69, 9.17) is 23.7 Å². The van der Waals surface area contributed by atoms with E-state index in [1.165, 1.54) is 0 Å². The summed E-state index contributed by atoms with van der Waals surface area (Å²) in [6, 6.07) is 7.65. The van der Waals surface area contributed by atoms with Gasteiger partial charge in [0.1, 0.15) is 5.56 Å². The van der Waals surface area contributed by atoms with Crippen molar-refractivity contribution in [1.82, 2.24) is 4.90 Å². The summed E-state index contributed by atoms with van der Waals surface area (Å²) in [6.07, 6.45) is 0.876. The fourth-order valence-corrected chi connectivity index (χ4v) is 4.05. The van der Waals surface area contributed by atoms with Crippen molar-refractivity contribution in [2.24, 2.45) is 0 Å². The number of carbonyl (C=O) groups is 1. The Balaban J connectivity index is 1.60. The van der Waals surface area contributed by atoms with Crippen LogP contribution in [0.5, 0.6) is 23.0 Å². The normalized spacial score (nSPS) is 21.2. The van der Waals surface area contributed by atoms with Gasteiger partial charge in [0.15, 0.2) is 28.8 Å². The van der Waals surface area contributed by atoms with Crippen LogP contribution in [0, 0.1) is 0 Å². The summed E-state index contributed by atoms with van der Waals surface area (Å²) in [5.74, 6) is 2.61. The first kappa shape index (κ1) is 14.8. The van der Waals surface area contributed by atoms with Gasteiger partial charge in [-0.1, -0.05) is 0 Å². The molecule has 0 bridgehead atoms. The minimum atomic E-state index is -0.420. The fraction of sp³-hybridized carbons (Fsp3) is 0.250. The van der Waals surface area contributed by atoms with Gasteiger partial charge in [-0.3, -0.25) is 0 Å². The number of nitrogens with zero attached hydrogens (tertiary/aromatic N) is 1. The number of ether oxygens (including phenoxy) is 5. The Morgan fingerprint density at radius 3 is 2.59 bits per heavy atom. The average molecular weight is 365 g/mol. The van der Waals surface area contributed by atoms with Crippen LogP contribution in [-0.4, -0.2) is 38.0 Å². The smallest absolute Gasteiger partial charge is 0.348 e. The van der Waals surface area contributed by atoms with Crippen LogP contribution in [0.15, 0.2) is 24.3 Å². The molecule has 4 aliphatic rings. The predicted octanol–water partition coefficient (Wildman–Crippen LogP) is 2.63. The molecule has 0 saturated heterocycles. The number of cyclic esters (lactones) is 1. The van der Waals surface area contributed by atoms with E-state index in [0.29, 0.717) is 28.6 Å². The second-order valence-corrected chi connectivity index (χ2v) is 6.82. The van der Waals surface area contributed by atoms with E-state index in [1.54, 1.807) is 0 Å². The molecule has 0 aliphatic carbocycles. The number of benzene rings is 2. The lowest BCUT2D eigenvalue weighted by molar-refractivity contribution is 0.0711. The van der Waals surface area contributed by atoms with Crippen molar-refractivity contribution in [3.05, 3.63) is 46.5 Å². The first-order valence-corrected chi connectivity index (χ1v) is 8.74. The average Bonchev–Trinajstić information content (AvgIpc) is 3.38. The monoisotopic (exact) mass is 365 g/mol. The minimum absolute atomic E-state index is 0.108. The van der Waals surface area contributed by atoms with Crippen molar-refractivity contribution in [3.8, 4) is 23.0 Å². The van der Waals surface area contributed by atoms with Gasteiger partial charge in [-0.15, -0.1) is 0 Å². The molecule has 0 N–H and O–H groups in total. The molecule has 0 saturated carbocycles. The Labute approximate surface area is 154 Å². The standard InChI is InChI=1S/C20H15NO6/c1-21-5-4-10-6-14-15(25-8-24-14)7-12(10)17(21)18-11-2-3-13-19(26-9-23-13)16(11)20(22)27-18/h2-3,6-7H,4-5,8-9H2,1H3/b18-17+. The van der Waals surface area contributed by atoms with Crippen molar-refractivity contribution in [2.75, 3.05) is 27.2 Å². The Kier molecular flexibility index (Phi) is 2.79. The largest absolute Gasteiger partial charge is 0.454 e. The Morgan fingerprint density at radius 2 is 1.70 bits per heavy atom. The summed E-state index contributed by atoms with van der Waals surface area (Å²) in [7, 11) is 1.99. The lowest BCUT2D eigenvalue weighted by Crippen LogP contribution is -2.26. The molecule has 7 nitrogen and oxygen atoms in total. The molecule has 6 rings (SSSR count). The number of hydrogen-bond acceptors (Lipinski definition) is 7. The molecule has 0 amide bonds. The van der Waals surface area contributed by atoms with E-state index in [2.05, 4.69) is 4.90 Å². The molecular formula is C20H15NO6. The highest BCUT2D eigenvalue weighted by molar-refractivity contribution is 6.10. The number of likely N-dealkylation sites (N-methyl/N-ethyl adjacent to an activating group) is 1. The molecule has 0 unspecified atom stereocenters. The zero-order chi connectivity index (χ0) is 18.1. The maximum Gasteiger partial charge on any atom is 0.348 e. The highest BCUT2D eigenvalue weighted by Gasteiger charge is 2.38. The summed E-state index contributed by atoms with van der Waals surface area (Å²) in [4.78, 5) is 14.7. The van der Waals surface area contributed by atoms with Gasteiger partial charge in [0, 0.05) is 24.7 Å². The SMILES string of the molecule is CN1CCc2cc3c(cc2/C1=C1\OC(=O)c2c1ccc1c2OCO1)OCO3. The fourth-order valence-electron chi connectivity index (χ4n) is 4.05. The number of hydrogen-bond donors (Lipinski definition) is 0. The van der Waals surface area contributed by atoms with Crippen molar-refractivity contribution in [1.29, 1.82) is 0 Å². The van der Waals surface area contributed by atoms with Crippen LogP contribution in [0.1, 0.15) is 27.0 Å². The van der Waals surface area contributed by atoms with Gasteiger partial charge in [-0.05, 0) is 36.2 Å². The van der Waals surface area contributed by atoms with Crippen LogP contribution in [0.25, 0.3) is 11.5 Å². The molecule has 0 atom stereocenters. The zero-order valence-corrected chi connectivity index (χ0v) is 14.5. The molecule has 0 fully saturated rings. The number of fused-ring (bicyclic) bond motifs is 5. The van der Waals surface area contributed by atoms with E-state index in [9.17, 15) is 4.79 Å². The van der Waals surface area contributed by atoms with E-state index in [1.807, 2.05) is 31.3 Å². The molecule has 2 aromatic rings. The summed E-state index contributed by atoms with van der Waals surface area (Å²) < 4.78 is 27.7. The number of rotatable bonds is 0. The second-order valence-electron chi connectivity index (χ2n) is 6.82. The van der Waals surface area contributed by atoms with E-state index >= 15 is 0 Å². The molecule has 4 heterocycles. The van der Waals surface area contributed by atoms with E-state index in [0.717, 1.165) is 41.1 Å². The predicted molar refractivity (Wildman–Crippen MR) is 93.7 cm³/mol. The van der Waals surface area contributed by atoms with Crippen LogP contribution in [0.3, 0.4) is 0 Å². The Hall–Kier alpha value is -3.35. The highest BCUT2D eigenvalue weighted by atomic mass is 16.7. The molecular weight excluding hydrogens is 350 g/mol. The van der Waals surface area contributed by atoms with Gasteiger partial charge in [0.2, 0.25) is 13.6 Å². The van der Waals surface area contributed by atoms with Crippen molar-refractivity contribution < 1.29 is 28.5 Å². The molecule has 27 heavy (non-hydrogen) atoms. The lowest BCUT2D eigenvalue weighted by Gasteiger charge is -2.31. The third kappa shape index (κ3) is 1.94. The van der Waals surface area contributed by atoms with Crippen molar-refractivity contribution in [3.63, 3.8) is 0 Å². The van der Waals surface area contributed by atoms with E-state index in [-0.39, 0.29) is 13.6 Å². The van der Waals surface area contributed by atoms with Gasteiger partial charge < -0.3 is 28.6 Å². The first-order valence-electron chi connectivity index (χ1n) is 8.74. The van der Waals surface area contributed by atoms with Crippen molar-refractivity contribution in [2.45, 2.75) is 6.42 Å². The quantitative estimate of drug-likeness (QED) is 0.665. The van der Waals surface area contributed by atoms with Crippen LogP contribution in [0.4, 0.5) is 0 Å². The molecule has 136 valence electrons. The second kappa shape index (κ2) is 5.09. The summed E-state index contributed by atoms with van der Waals surface area (Å²) in [6.45, 7) is 1.14. The van der Waals surface area contributed by atoms with Gasteiger partial charge in [-0.25, -0.2) is 4.79 Å². The number of esters is 1. The Morgan fingerprint density at radius 1 is 0.926 bits per heavy atom. The Bertz CT molecular complexity index is 1060. The molecule has 2 aromatic carbocycles. The van der Waals surface area contributed by atoms with Crippen molar-refractivity contribution >= 4 is 17.4 Å². The third-order valence-electron chi connectivity index (χ3n) is 5.35. The minimum Gasteiger partial charge on any atom is -0.454 e. The van der Waals surface area contributed by atoms with Gasteiger partial charge in [-0.2, -0.15) is 0 Å². The zero-order valence-electron chi connectivity index (χ0n) is 14.5.